The molecule has 1 aromatic rings. The van der Waals surface area contributed by atoms with Crippen molar-refractivity contribution in [2.45, 2.75) is 12.5 Å². The van der Waals surface area contributed by atoms with Crippen molar-refractivity contribution in [3.63, 3.8) is 0 Å². The van der Waals surface area contributed by atoms with Crippen molar-refractivity contribution in [2.24, 2.45) is 5.73 Å². The van der Waals surface area contributed by atoms with Gasteiger partial charge < -0.3 is 5.73 Å². The highest BCUT2D eigenvalue weighted by atomic mass is 32.2. The van der Waals surface area contributed by atoms with Gasteiger partial charge in [0.2, 0.25) is 10.0 Å². The van der Waals surface area contributed by atoms with E-state index in [1.165, 1.54) is 10.6 Å². The number of amidine groups is 1. The van der Waals surface area contributed by atoms with Crippen molar-refractivity contribution >= 4 is 15.9 Å². The van der Waals surface area contributed by atoms with Gasteiger partial charge in [0.1, 0.15) is 0 Å². The number of nitrogens with one attached hydrogen (secondary N) is 1. The summed E-state index contributed by atoms with van der Waals surface area (Å²) >= 11 is 0. The number of hydrogen-bond acceptors (Lipinski definition) is 4. The normalized spacial score (nSPS) is 19.3. The third-order valence-corrected chi connectivity index (χ3v) is 5.08. The minimum absolute atomic E-state index is 0.0328. The van der Waals surface area contributed by atoms with E-state index in [-0.39, 0.29) is 11.9 Å². The van der Waals surface area contributed by atoms with Gasteiger partial charge in [0.25, 0.3) is 0 Å². The van der Waals surface area contributed by atoms with Crippen molar-refractivity contribution in [2.75, 3.05) is 32.4 Å². The zero-order valence-electron chi connectivity index (χ0n) is 12.2. The van der Waals surface area contributed by atoms with Gasteiger partial charge >= 0.3 is 0 Å². The molecule has 1 aliphatic heterocycles. The quantitative estimate of drug-likeness (QED) is 0.616. The summed E-state index contributed by atoms with van der Waals surface area (Å²) in [6.07, 6.45) is 1.70. The Balaban J connectivity index is 2.11. The van der Waals surface area contributed by atoms with Gasteiger partial charge in [-0.3, -0.25) is 10.3 Å². The van der Waals surface area contributed by atoms with Crippen LogP contribution in [0.1, 0.15) is 18.0 Å². The van der Waals surface area contributed by atoms with Gasteiger partial charge in [-0.1, -0.05) is 30.3 Å². The van der Waals surface area contributed by atoms with Gasteiger partial charge in [0.05, 0.1) is 12.1 Å². The molecule has 1 heterocycles. The first-order valence-corrected chi connectivity index (χ1v) is 8.80. The van der Waals surface area contributed by atoms with Gasteiger partial charge in [-0.15, -0.1) is 0 Å². The number of rotatable bonds is 5. The van der Waals surface area contributed by atoms with E-state index in [9.17, 15) is 8.42 Å². The largest absolute Gasteiger partial charge is 0.388 e. The van der Waals surface area contributed by atoms with E-state index in [1.54, 1.807) is 0 Å². The third-order valence-electron chi connectivity index (χ3n) is 3.78. The second-order valence-electron chi connectivity index (χ2n) is 5.35. The number of nitrogens with zero attached hydrogens (tertiary/aromatic N) is 2. The van der Waals surface area contributed by atoms with Crippen LogP contribution in [0.15, 0.2) is 30.3 Å². The molecule has 7 heteroatoms. The van der Waals surface area contributed by atoms with E-state index in [1.807, 2.05) is 30.3 Å². The van der Waals surface area contributed by atoms with Gasteiger partial charge in [-0.05, 0) is 5.56 Å². The fourth-order valence-electron chi connectivity index (χ4n) is 2.69. The fraction of sp³-hybridized carbons (Fsp3) is 0.500. The topological polar surface area (TPSA) is 90.5 Å². The van der Waals surface area contributed by atoms with E-state index in [0.717, 1.165) is 5.56 Å². The SMILES string of the molecule is CS(=O)(=O)N1CCN(C(CC(=N)N)c2ccccc2)CC1. The van der Waals surface area contributed by atoms with Crippen LogP contribution >= 0.6 is 0 Å². The average Bonchev–Trinajstić information content (AvgIpc) is 2.45. The molecule has 1 aromatic carbocycles. The molecule has 0 spiro atoms. The molecule has 1 saturated heterocycles. The number of hydrogen-bond donors (Lipinski definition) is 2. The van der Waals surface area contributed by atoms with E-state index in [0.29, 0.717) is 32.6 Å². The molecule has 1 fully saturated rings. The minimum atomic E-state index is -3.12. The van der Waals surface area contributed by atoms with Crippen LogP contribution in [-0.2, 0) is 10.0 Å². The van der Waals surface area contributed by atoms with Crippen molar-refractivity contribution in [1.82, 2.24) is 9.21 Å². The second kappa shape index (κ2) is 6.55. The molecule has 0 bridgehead atoms. The zero-order valence-corrected chi connectivity index (χ0v) is 13.0. The molecule has 0 aromatic heterocycles. The van der Waals surface area contributed by atoms with Crippen LogP contribution in [0.4, 0.5) is 0 Å². The lowest BCUT2D eigenvalue weighted by Gasteiger charge is -2.38. The molecule has 0 saturated carbocycles. The maximum atomic E-state index is 11.6. The molecule has 2 rings (SSSR count). The van der Waals surface area contributed by atoms with Crippen LogP contribution in [0.25, 0.3) is 0 Å². The van der Waals surface area contributed by atoms with Crippen LogP contribution in [0, 0.1) is 5.41 Å². The number of benzene rings is 1. The number of piperazine rings is 1. The van der Waals surface area contributed by atoms with E-state index in [4.69, 9.17) is 11.1 Å². The van der Waals surface area contributed by atoms with Crippen molar-refractivity contribution in [3.8, 4) is 0 Å². The average molecular weight is 310 g/mol. The predicted molar refractivity (Wildman–Crippen MR) is 83.7 cm³/mol. The smallest absolute Gasteiger partial charge is 0.211 e. The maximum Gasteiger partial charge on any atom is 0.211 e. The first-order chi connectivity index (χ1) is 9.88. The van der Waals surface area contributed by atoms with E-state index in [2.05, 4.69) is 4.90 Å². The van der Waals surface area contributed by atoms with Crippen LogP contribution in [0.5, 0.6) is 0 Å². The first-order valence-electron chi connectivity index (χ1n) is 6.95. The summed E-state index contributed by atoms with van der Waals surface area (Å²) in [4.78, 5) is 2.21. The highest BCUT2D eigenvalue weighted by Gasteiger charge is 2.28. The van der Waals surface area contributed by atoms with Gasteiger partial charge in [-0.2, -0.15) is 4.31 Å². The van der Waals surface area contributed by atoms with Gasteiger partial charge in [-0.25, -0.2) is 8.42 Å². The van der Waals surface area contributed by atoms with Crippen molar-refractivity contribution < 1.29 is 8.42 Å². The Hall–Kier alpha value is -1.44. The Morgan fingerprint density at radius 2 is 1.81 bits per heavy atom. The zero-order chi connectivity index (χ0) is 15.5. The molecule has 0 amide bonds. The predicted octanol–water partition coefficient (Wildman–Crippen LogP) is 0.631. The van der Waals surface area contributed by atoms with Crippen LogP contribution in [-0.4, -0.2) is 55.9 Å². The molecule has 6 nitrogen and oxygen atoms in total. The molecule has 1 unspecified atom stereocenters. The highest BCUT2D eigenvalue weighted by Crippen LogP contribution is 2.25. The van der Waals surface area contributed by atoms with Crippen LogP contribution in [0.3, 0.4) is 0 Å². The summed E-state index contributed by atoms with van der Waals surface area (Å²) in [6.45, 7) is 2.28. The Kier molecular flexibility index (Phi) is 4.97. The Morgan fingerprint density at radius 1 is 1.24 bits per heavy atom. The van der Waals surface area contributed by atoms with Crippen LogP contribution < -0.4 is 5.73 Å². The summed E-state index contributed by atoms with van der Waals surface area (Å²) in [7, 11) is -3.12. The molecule has 1 aliphatic rings. The number of nitrogens with two attached hydrogens (primary N) is 1. The summed E-state index contributed by atoms with van der Waals surface area (Å²) in [5.74, 6) is 0.148. The Morgan fingerprint density at radius 3 is 2.29 bits per heavy atom. The molecular weight excluding hydrogens is 288 g/mol. The molecule has 0 radical (unpaired) electrons. The summed E-state index contributed by atoms with van der Waals surface area (Å²) in [5, 5.41) is 7.58. The minimum Gasteiger partial charge on any atom is -0.388 e. The maximum absolute atomic E-state index is 11.6. The molecule has 116 valence electrons. The molecule has 1 atom stereocenters. The lowest BCUT2D eigenvalue weighted by atomic mass is 10.0. The molecule has 21 heavy (non-hydrogen) atoms. The lowest BCUT2D eigenvalue weighted by Crippen LogP contribution is -2.49. The molecular formula is C14H22N4O2S. The number of sulfonamides is 1. The summed E-state index contributed by atoms with van der Waals surface area (Å²) < 4.78 is 24.6. The molecule has 0 aliphatic carbocycles. The van der Waals surface area contributed by atoms with E-state index < -0.39 is 10.0 Å². The van der Waals surface area contributed by atoms with Crippen LogP contribution in [0.2, 0.25) is 0 Å². The van der Waals surface area contributed by atoms with Crippen molar-refractivity contribution in [1.29, 1.82) is 5.41 Å². The van der Waals surface area contributed by atoms with E-state index >= 15 is 0 Å². The summed E-state index contributed by atoms with van der Waals surface area (Å²) in [6, 6.07) is 9.97. The molecule has 3 N–H and O–H groups in total. The second-order valence-corrected chi connectivity index (χ2v) is 7.34. The van der Waals surface area contributed by atoms with Gasteiger partial charge in [0, 0.05) is 38.6 Å². The van der Waals surface area contributed by atoms with Crippen molar-refractivity contribution in [3.05, 3.63) is 35.9 Å². The third kappa shape index (κ3) is 4.26. The monoisotopic (exact) mass is 310 g/mol. The highest BCUT2D eigenvalue weighted by molar-refractivity contribution is 7.88. The standard InChI is InChI=1S/C14H22N4O2S/c1-21(19,20)18-9-7-17(8-10-18)13(11-14(15)16)12-5-3-2-4-6-12/h2-6,13H,7-11H2,1H3,(H3,15,16). The fourth-order valence-corrected chi connectivity index (χ4v) is 3.51. The lowest BCUT2D eigenvalue weighted by molar-refractivity contribution is 0.140. The Bertz CT molecular complexity index is 580. The van der Waals surface area contributed by atoms with Gasteiger partial charge in [0.15, 0.2) is 0 Å². The first kappa shape index (κ1) is 15.9. The summed E-state index contributed by atoms with van der Waals surface area (Å²) in [5.41, 5.74) is 6.70. The Labute approximate surface area is 126 Å².